The Morgan fingerprint density at radius 2 is 1.95 bits per heavy atom. The van der Waals surface area contributed by atoms with Crippen LogP contribution in [0, 0.1) is 0 Å². The van der Waals surface area contributed by atoms with E-state index < -0.39 is 5.54 Å². The van der Waals surface area contributed by atoms with Gasteiger partial charge in [0, 0.05) is 23.1 Å². The molecular formula is C14H16ClN3O2S. The molecule has 0 unspecified atom stereocenters. The van der Waals surface area contributed by atoms with Crippen molar-refractivity contribution in [3.8, 4) is 0 Å². The second kappa shape index (κ2) is 6.36. The van der Waals surface area contributed by atoms with E-state index in [1.54, 1.807) is 11.8 Å². The molecule has 2 aromatic rings. The number of nitrogens with two attached hydrogens (primary N) is 1. The van der Waals surface area contributed by atoms with Crippen molar-refractivity contribution >= 4 is 23.4 Å². The molecule has 0 atom stereocenters. The molecule has 0 amide bonds. The van der Waals surface area contributed by atoms with Gasteiger partial charge in [-0.2, -0.15) is 4.98 Å². The van der Waals surface area contributed by atoms with Crippen molar-refractivity contribution in [3.63, 3.8) is 0 Å². The van der Waals surface area contributed by atoms with E-state index >= 15 is 0 Å². The number of halogens is 1. The minimum Gasteiger partial charge on any atom is -0.381 e. The van der Waals surface area contributed by atoms with E-state index in [1.807, 2.05) is 24.3 Å². The van der Waals surface area contributed by atoms with Gasteiger partial charge in [-0.15, -0.1) is 11.8 Å². The number of benzene rings is 1. The van der Waals surface area contributed by atoms with Gasteiger partial charge in [0.15, 0.2) is 5.82 Å². The van der Waals surface area contributed by atoms with Crippen molar-refractivity contribution in [2.45, 2.75) is 29.0 Å². The lowest BCUT2D eigenvalue weighted by molar-refractivity contribution is 0.0400. The first kappa shape index (κ1) is 14.8. The van der Waals surface area contributed by atoms with Crippen LogP contribution in [0.2, 0.25) is 5.02 Å². The molecule has 3 rings (SSSR count). The molecule has 2 heterocycles. The lowest BCUT2D eigenvalue weighted by atomic mass is 9.91. The Labute approximate surface area is 132 Å². The highest BCUT2D eigenvalue weighted by atomic mass is 35.5. The summed E-state index contributed by atoms with van der Waals surface area (Å²) in [5.41, 5.74) is 5.77. The van der Waals surface area contributed by atoms with Crippen LogP contribution < -0.4 is 5.73 Å². The van der Waals surface area contributed by atoms with Gasteiger partial charge in [0.2, 0.25) is 5.89 Å². The molecule has 0 spiro atoms. The van der Waals surface area contributed by atoms with Gasteiger partial charge >= 0.3 is 0 Å². The molecule has 21 heavy (non-hydrogen) atoms. The van der Waals surface area contributed by atoms with E-state index in [-0.39, 0.29) is 0 Å². The molecule has 1 aliphatic rings. The fraction of sp³-hybridized carbons (Fsp3) is 0.429. The van der Waals surface area contributed by atoms with Crippen molar-refractivity contribution in [1.29, 1.82) is 0 Å². The molecule has 0 aliphatic carbocycles. The third kappa shape index (κ3) is 3.58. The van der Waals surface area contributed by atoms with Crippen molar-refractivity contribution < 1.29 is 9.26 Å². The third-order valence-corrected chi connectivity index (χ3v) is 4.72. The Morgan fingerprint density at radius 3 is 2.67 bits per heavy atom. The summed E-state index contributed by atoms with van der Waals surface area (Å²) in [5.74, 6) is 1.80. The number of ether oxygens (including phenoxy) is 1. The van der Waals surface area contributed by atoms with Crippen LogP contribution >= 0.6 is 23.4 Å². The van der Waals surface area contributed by atoms with Crippen molar-refractivity contribution in [1.82, 2.24) is 10.1 Å². The zero-order chi connectivity index (χ0) is 14.7. The van der Waals surface area contributed by atoms with Crippen LogP contribution in [0.1, 0.15) is 24.6 Å². The van der Waals surface area contributed by atoms with Gasteiger partial charge in [-0.1, -0.05) is 16.8 Å². The Hall–Kier alpha value is -1.08. The van der Waals surface area contributed by atoms with Crippen LogP contribution in [0.3, 0.4) is 0 Å². The van der Waals surface area contributed by atoms with E-state index in [4.69, 9.17) is 26.6 Å². The first-order valence-electron chi connectivity index (χ1n) is 6.74. The molecule has 0 bridgehead atoms. The van der Waals surface area contributed by atoms with Crippen molar-refractivity contribution in [2.24, 2.45) is 5.73 Å². The van der Waals surface area contributed by atoms with Crippen LogP contribution in [0.25, 0.3) is 0 Å². The molecule has 0 radical (unpaired) electrons. The van der Waals surface area contributed by atoms with Crippen molar-refractivity contribution in [2.75, 3.05) is 13.2 Å². The first-order chi connectivity index (χ1) is 10.2. The maximum absolute atomic E-state index is 6.32. The summed E-state index contributed by atoms with van der Waals surface area (Å²) < 4.78 is 10.7. The van der Waals surface area contributed by atoms with Crippen LogP contribution in [0.4, 0.5) is 0 Å². The maximum Gasteiger partial charge on any atom is 0.246 e. The average molecular weight is 326 g/mol. The molecular weight excluding hydrogens is 310 g/mol. The first-order valence-corrected chi connectivity index (χ1v) is 8.10. The molecule has 1 saturated heterocycles. The number of thioether (sulfide) groups is 1. The average Bonchev–Trinajstić information content (AvgIpc) is 2.97. The molecule has 112 valence electrons. The molecule has 0 saturated carbocycles. The van der Waals surface area contributed by atoms with E-state index in [0.717, 1.165) is 9.92 Å². The summed E-state index contributed by atoms with van der Waals surface area (Å²) in [6, 6.07) is 7.67. The summed E-state index contributed by atoms with van der Waals surface area (Å²) in [6.07, 6.45) is 1.41. The highest BCUT2D eigenvalue weighted by Gasteiger charge is 2.35. The fourth-order valence-corrected chi connectivity index (χ4v) is 3.01. The normalized spacial score (nSPS) is 17.8. The Kier molecular flexibility index (Phi) is 4.49. The minimum atomic E-state index is -0.547. The highest BCUT2D eigenvalue weighted by molar-refractivity contribution is 7.98. The Balaban J connectivity index is 1.63. The lowest BCUT2D eigenvalue weighted by Crippen LogP contribution is -2.42. The van der Waals surface area contributed by atoms with Gasteiger partial charge in [-0.3, -0.25) is 0 Å². The summed E-state index contributed by atoms with van der Waals surface area (Å²) in [4.78, 5) is 5.54. The van der Waals surface area contributed by atoms with Crippen LogP contribution in [0.15, 0.2) is 33.7 Å². The van der Waals surface area contributed by atoms with E-state index in [9.17, 15) is 0 Å². The Bertz CT molecular complexity index is 597. The van der Waals surface area contributed by atoms with Gasteiger partial charge < -0.3 is 15.0 Å². The topological polar surface area (TPSA) is 74.2 Å². The maximum atomic E-state index is 6.32. The van der Waals surface area contributed by atoms with Gasteiger partial charge in [-0.05, 0) is 37.1 Å². The van der Waals surface area contributed by atoms with Crippen LogP contribution in [-0.4, -0.2) is 23.4 Å². The number of hydrogen-bond acceptors (Lipinski definition) is 6. The molecule has 1 aromatic carbocycles. The van der Waals surface area contributed by atoms with E-state index in [1.165, 1.54) is 0 Å². The standard InChI is InChI=1S/C14H16ClN3O2S/c15-10-1-3-11(4-2-10)21-9-12-17-13(20-18-12)14(16)5-7-19-8-6-14/h1-4H,5-9,16H2. The second-order valence-corrected chi connectivity index (χ2v) is 6.51. The van der Waals surface area contributed by atoms with Crippen molar-refractivity contribution in [3.05, 3.63) is 41.0 Å². The van der Waals surface area contributed by atoms with Gasteiger partial charge in [0.05, 0.1) is 5.75 Å². The molecule has 1 fully saturated rings. The monoisotopic (exact) mass is 325 g/mol. The predicted molar refractivity (Wildman–Crippen MR) is 81.2 cm³/mol. The SMILES string of the molecule is NC1(c2nc(CSc3ccc(Cl)cc3)no2)CCOCC1. The largest absolute Gasteiger partial charge is 0.381 e. The number of aromatic nitrogens is 2. The number of nitrogens with zero attached hydrogens (tertiary/aromatic N) is 2. The van der Waals surface area contributed by atoms with Crippen LogP contribution in [0.5, 0.6) is 0 Å². The van der Waals surface area contributed by atoms with Gasteiger partial charge in [0.25, 0.3) is 0 Å². The zero-order valence-corrected chi connectivity index (χ0v) is 13.0. The van der Waals surface area contributed by atoms with E-state index in [0.29, 0.717) is 43.5 Å². The van der Waals surface area contributed by atoms with E-state index in [2.05, 4.69) is 10.1 Å². The summed E-state index contributed by atoms with van der Waals surface area (Å²) in [5, 5.41) is 4.74. The number of hydrogen-bond donors (Lipinski definition) is 1. The van der Waals surface area contributed by atoms with Gasteiger partial charge in [0.1, 0.15) is 5.54 Å². The quantitative estimate of drug-likeness (QED) is 0.871. The van der Waals surface area contributed by atoms with Gasteiger partial charge in [-0.25, -0.2) is 0 Å². The molecule has 7 heteroatoms. The summed E-state index contributed by atoms with van der Waals surface area (Å²) >= 11 is 7.49. The smallest absolute Gasteiger partial charge is 0.246 e. The third-order valence-electron chi connectivity index (χ3n) is 3.46. The Morgan fingerprint density at radius 1 is 1.24 bits per heavy atom. The second-order valence-electron chi connectivity index (χ2n) is 5.03. The number of rotatable bonds is 4. The minimum absolute atomic E-state index is 0.512. The molecule has 1 aromatic heterocycles. The molecule has 1 aliphatic heterocycles. The van der Waals surface area contributed by atoms with Crippen LogP contribution in [-0.2, 0) is 16.0 Å². The zero-order valence-electron chi connectivity index (χ0n) is 11.4. The summed E-state index contributed by atoms with van der Waals surface area (Å²) in [6.45, 7) is 1.27. The molecule has 2 N–H and O–H groups in total. The summed E-state index contributed by atoms with van der Waals surface area (Å²) in [7, 11) is 0. The highest BCUT2D eigenvalue weighted by Crippen LogP contribution is 2.29. The fourth-order valence-electron chi connectivity index (χ4n) is 2.14. The molecule has 5 nitrogen and oxygen atoms in total. The lowest BCUT2D eigenvalue weighted by Gasteiger charge is -2.29. The predicted octanol–water partition coefficient (Wildman–Crippen LogP) is 2.98.